The number of nitrogens with one attached hydrogen (secondary N) is 1. The number of hydrogen-bond donors (Lipinski definition) is 1. The Balaban J connectivity index is 1.78. The van der Waals surface area contributed by atoms with Crippen LogP contribution in [0, 0.1) is 10.1 Å². The van der Waals surface area contributed by atoms with E-state index in [0.717, 1.165) is 19.3 Å². The zero-order valence-electron chi connectivity index (χ0n) is 15.0. The highest BCUT2D eigenvalue weighted by atomic mass is 16.6. The van der Waals surface area contributed by atoms with Gasteiger partial charge in [-0.15, -0.1) is 0 Å². The lowest BCUT2D eigenvalue weighted by Gasteiger charge is -2.08. The van der Waals surface area contributed by atoms with E-state index >= 15 is 0 Å². The first kappa shape index (κ1) is 18.3. The molecule has 3 rings (SSSR count). The van der Waals surface area contributed by atoms with Crippen molar-refractivity contribution in [3.05, 3.63) is 82.4 Å². The Hall–Kier alpha value is -3.48. The number of anilines is 1. The van der Waals surface area contributed by atoms with Gasteiger partial charge in [0.15, 0.2) is 0 Å². The number of nitrogens with zero attached hydrogens (tertiary/aromatic N) is 3. The summed E-state index contributed by atoms with van der Waals surface area (Å²) in [4.78, 5) is 27.3. The van der Waals surface area contributed by atoms with E-state index in [9.17, 15) is 14.9 Å². The topological polar surface area (TPSA) is 90.1 Å². The van der Waals surface area contributed by atoms with Crippen LogP contribution in [0.1, 0.15) is 35.7 Å². The van der Waals surface area contributed by atoms with Gasteiger partial charge in [-0.05, 0) is 42.7 Å². The van der Waals surface area contributed by atoms with Gasteiger partial charge >= 0.3 is 0 Å². The first-order chi connectivity index (χ1) is 13.1. The summed E-state index contributed by atoms with van der Waals surface area (Å²) in [7, 11) is 0. The fourth-order valence-corrected chi connectivity index (χ4v) is 2.77. The molecule has 0 saturated carbocycles. The predicted octanol–water partition coefficient (Wildman–Crippen LogP) is 4.38. The molecule has 2 aromatic carbocycles. The molecular weight excluding hydrogens is 344 g/mol. The molecule has 0 saturated heterocycles. The summed E-state index contributed by atoms with van der Waals surface area (Å²) in [6.45, 7) is 2.14. The van der Waals surface area contributed by atoms with Crippen molar-refractivity contribution >= 4 is 17.3 Å². The van der Waals surface area contributed by atoms with Gasteiger partial charge in [-0.3, -0.25) is 14.9 Å². The highest BCUT2D eigenvalue weighted by Gasteiger charge is 2.18. The number of aromatic nitrogens is 2. The molecule has 0 fully saturated rings. The van der Waals surface area contributed by atoms with Crippen LogP contribution in [-0.2, 0) is 6.42 Å². The van der Waals surface area contributed by atoms with Gasteiger partial charge in [-0.1, -0.05) is 25.5 Å². The van der Waals surface area contributed by atoms with Crippen molar-refractivity contribution in [2.75, 3.05) is 5.32 Å². The normalized spacial score (nSPS) is 10.6. The summed E-state index contributed by atoms with van der Waals surface area (Å²) in [5.74, 6) is -0.392. The van der Waals surface area contributed by atoms with Gasteiger partial charge in [0.2, 0.25) is 0 Å². The lowest BCUT2D eigenvalue weighted by Crippen LogP contribution is -2.12. The zero-order chi connectivity index (χ0) is 19.2. The molecule has 0 unspecified atom stereocenters. The van der Waals surface area contributed by atoms with Crippen LogP contribution < -0.4 is 5.32 Å². The Bertz CT molecular complexity index is 934. The van der Waals surface area contributed by atoms with Crippen LogP contribution in [0.5, 0.6) is 0 Å². The van der Waals surface area contributed by atoms with E-state index in [2.05, 4.69) is 17.2 Å². The monoisotopic (exact) mass is 364 g/mol. The second-order valence-electron chi connectivity index (χ2n) is 6.19. The maximum atomic E-state index is 12.5. The number of rotatable bonds is 7. The van der Waals surface area contributed by atoms with Crippen LogP contribution in [0.25, 0.3) is 5.69 Å². The van der Waals surface area contributed by atoms with Crippen LogP contribution in [0.4, 0.5) is 11.4 Å². The first-order valence-electron chi connectivity index (χ1n) is 8.75. The summed E-state index contributed by atoms with van der Waals surface area (Å²) < 4.78 is 1.54. The van der Waals surface area contributed by atoms with Crippen molar-refractivity contribution in [1.82, 2.24) is 9.55 Å². The molecule has 0 atom stereocenters. The number of benzene rings is 2. The average Bonchev–Trinajstić information content (AvgIpc) is 3.21. The highest BCUT2D eigenvalue weighted by Crippen LogP contribution is 2.24. The van der Waals surface area contributed by atoms with Crippen LogP contribution >= 0.6 is 0 Å². The number of amides is 1. The maximum Gasteiger partial charge on any atom is 0.294 e. The molecule has 0 radical (unpaired) electrons. The zero-order valence-corrected chi connectivity index (χ0v) is 15.0. The Morgan fingerprint density at radius 2 is 2.00 bits per heavy atom. The Morgan fingerprint density at radius 3 is 2.63 bits per heavy atom. The molecule has 138 valence electrons. The van der Waals surface area contributed by atoms with E-state index in [1.165, 1.54) is 28.7 Å². The average molecular weight is 364 g/mol. The van der Waals surface area contributed by atoms with Gasteiger partial charge in [0.25, 0.3) is 11.6 Å². The number of carbonyl (C=O) groups is 1. The van der Waals surface area contributed by atoms with Gasteiger partial charge in [0.1, 0.15) is 5.69 Å². The molecule has 1 aromatic heterocycles. The number of nitro groups is 1. The number of unbranched alkanes of at least 4 members (excludes halogenated alkanes) is 1. The van der Waals surface area contributed by atoms with Gasteiger partial charge in [-0.25, -0.2) is 4.98 Å². The van der Waals surface area contributed by atoms with E-state index in [-0.39, 0.29) is 11.3 Å². The van der Waals surface area contributed by atoms with Crippen molar-refractivity contribution in [1.29, 1.82) is 0 Å². The Kier molecular flexibility index (Phi) is 5.61. The minimum absolute atomic E-state index is 0.157. The molecule has 0 aliphatic carbocycles. The molecule has 7 heteroatoms. The molecule has 0 bridgehead atoms. The lowest BCUT2D eigenvalue weighted by molar-refractivity contribution is -0.384. The molecule has 0 aliphatic heterocycles. The third-order valence-corrected chi connectivity index (χ3v) is 4.25. The molecule has 0 aliphatic rings. The van der Waals surface area contributed by atoms with Crippen LogP contribution in [0.15, 0.2) is 61.2 Å². The van der Waals surface area contributed by atoms with E-state index < -0.39 is 10.8 Å². The highest BCUT2D eigenvalue weighted by molar-refractivity contribution is 6.04. The fourth-order valence-electron chi connectivity index (χ4n) is 2.77. The second kappa shape index (κ2) is 8.27. The van der Waals surface area contributed by atoms with Gasteiger partial charge in [0, 0.05) is 29.7 Å². The lowest BCUT2D eigenvalue weighted by atomic mass is 10.1. The van der Waals surface area contributed by atoms with Gasteiger partial charge in [-0.2, -0.15) is 0 Å². The van der Waals surface area contributed by atoms with Gasteiger partial charge < -0.3 is 9.88 Å². The van der Waals surface area contributed by atoms with E-state index in [1.54, 1.807) is 18.3 Å². The van der Waals surface area contributed by atoms with Crippen molar-refractivity contribution in [2.45, 2.75) is 26.2 Å². The SMILES string of the molecule is CCCCc1ccc(NC(=O)c2ccc(-n3ccnc3)c([N+](=O)[O-])c2)cc1. The Morgan fingerprint density at radius 1 is 1.22 bits per heavy atom. The van der Waals surface area contributed by atoms with Crippen molar-refractivity contribution in [2.24, 2.45) is 0 Å². The van der Waals surface area contributed by atoms with Crippen LogP contribution in [0.3, 0.4) is 0 Å². The number of hydrogen-bond acceptors (Lipinski definition) is 4. The molecule has 3 aromatic rings. The summed E-state index contributed by atoms with van der Waals surface area (Å²) in [5, 5.41) is 14.2. The molecular formula is C20H20N4O3. The fraction of sp³-hybridized carbons (Fsp3) is 0.200. The van der Waals surface area contributed by atoms with E-state index in [4.69, 9.17) is 0 Å². The molecule has 0 spiro atoms. The van der Waals surface area contributed by atoms with Crippen LogP contribution in [-0.4, -0.2) is 20.4 Å². The summed E-state index contributed by atoms with van der Waals surface area (Å²) in [6.07, 6.45) is 7.89. The van der Waals surface area contributed by atoms with Gasteiger partial charge in [0.05, 0.1) is 11.3 Å². The van der Waals surface area contributed by atoms with E-state index in [1.807, 2.05) is 24.3 Å². The van der Waals surface area contributed by atoms with E-state index in [0.29, 0.717) is 11.4 Å². The minimum Gasteiger partial charge on any atom is -0.322 e. The molecule has 27 heavy (non-hydrogen) atoms. The summed E-state index contributed by atoms with van der Waals surface area (Å²) in [6, 6.07) is 12.0. The molecule has 1 heterocycles. The van der Waals surface area contributed by atoms with Crippen molar-refractivity contribution < 1.29 is 9.72 Å². The predicted molar refractivity (Wildman–Crippen MR) is 103 cm³/mol. The summed E-state index contributed by atoms with van der Waals surface area (Å²) in [5.41, 5.74) is 2.29. The number of carbonyl (C=O) groups excluding carboxylic acids is 1. The van der Waals surface area contributed by atoms with Crippen molar-refractivity contribution in [3.63, 3.8) is 0 Å². The number of aryl methyl sites for hydroxylation is 1. The molecule has 7 nitrogen and oxygen atoms in total. The number of imidazole rings is 1. The minimum atomic E-state index is -0.505. The maximum absolute atomic E-state index is 12.5. The standard InChI is InChI=1S/C20H20N4O3/c1-2-3-4-15-5-8-17(9-6-15)22-20(25)16-7-10-18(19(13-16)24(26)27)23-12-11-21-14-23/h5-14H,2-4H2,1H3,(H,22,25). The Labute approximate surface area is 156 Å². The van der Waals surface area contributed by atoms with Crippen molar-refractivity contribution in [3.8, 4) is 5.69 Å². The third-order valence-electron chi connectivity index (χ3n) is 4.25. The first-order valence-corrected chi connectivity index (χ1v) is 8.75. The quantitative estimate of drug-likeness (QED) is 0.498. The second-order valence-corrected chi connectivity index (χ2v) is 6.19. The smallest absolute Gasteiger partial charge is 0.294 e. The molecule has 1 N–H and O–H groups in total. The summed E-state index contributed by atoms with van der Waals surface area (Å²) >= 11 is 0. The molecule has 1 amide bonds. The largest absolute Gasteiger partial charge is 0.322 e. The third kappa shape index (κ3) is 4.38. The number of nitro benzene ring substituents is 1. The van der Waals surface area contributed by atoms with Crippen LogP contribution in [0.2, 0.25) is 0 Å².